The Bertz CT molecular complexity index is 926. The van der Waals surface area contributed by atoms with Crippen LogP contribution in [-0.4, -0.2) is 14.1 Å². The van der Waals surface area contributed by atoms with Gasteiger partial charge in [-0.3, -0.25) is 0 Å². The van der Waals surface area contributed by atoms with Crippen molar-refractivity contribution in [1.82, 2.24) is 14.1 Å². The van der Waals surface area contributed by atoms with E-state index in [4.69, 9.17) is 0 Å². The van der Waals surface area contributed by atoms with Crippen molar-refractivity contribution in [3.63, 3.8) is 0 Å². The SMILES string of the molecule is CCCCn1c(C)c(Br)c(-c2ccc(-c3c(Br)c(C)n(CCCC)c3C)[nH]2)c1C. The maximum Gasteiger partial charge on any atom is 0.0488 e. The maximum absolute atomic E-state index is 3.86. The highest BCUT2D eigenvalue weighted by Crippen LogP contribution is 2.40. The molecule has 0 radical (unpaired) electrons. The fourth-order valence-electron chi connectivity index (χ4n) is 4.31. The average Bonchev–Trinajstić information content (AvgIpc) is 3.30. The van der Waals surface area contributed by atoms with E-state index in [1.54, 1.807) is 0 Å². The lowest BCUT2D eigenvalue weighted by Gasteiger charge is -2.08. The number of hydrogen-bond donors (Lipinski definition) is 1. The van der Waals surface area contributed by atoms with Crippen molar-refractivity contribution >= 4 is 31.9 Å². The third-order valence-corrected chi connectivity index (χ3v) is 8.05. The zero-order chi connectivity index (χ0) is 21.3. The van der Waals surface area contributed by atoms with E-state index in [9.17, 15) is 0 Å². The number of rotatable bonds is 8. The molecule has 29 heavy (non-hydrogen) atoms. The van der Waals surface area contributed by atoms with E-state index < -0.39 is 0 Å². The number of aromatic nitrogens is 3. The van der Waals surface area contributed by atoms with Gasteiger partial charge in [-0.05, 0) is 84.5 Å². The highest BCUT2D eigenvalue weighted by Gasteiger charge is 2.21. The largest absolute Gasteiger partial charge is 0.354 e. The van der Waals surface area contributed by atoms with Crippen molar-refractivity contribution in [1.29, 1.82) is 0 Å². The minimum Gasteiger partial charge on any atom is -0.354 e. The molecule has 0 atom stereocenters. The van der Waals surface area contributed by atoms with E-state index >= 15 is 0 Å². The summed E-state index contributed by atoms with van der Waals surface area (Å²) in [6.07, 6.45) is 4.82. The number of unbranched alkanes of at least 4 members (excludes halogenated alkanes) is 2. The van der Waals surface area contributed by atoms with Crippen LogP contribution in [0.2, 0.25) is 0 Å². The van der Waals surface area contributed by atoms with Crippen LogP contribution in [0.25, 0.3) is 22.5 Å². The van der Waals surface area contributed by atoms with Crippen LogP contribution in [0.3, 0.4) is 0 Å². The molecule has 0 bridgehead atoms. The molecular weight excluding hydrogens is 490 g/mol. The molecule has 0 amide bonds. The Kier molecular flexibility index (Phi) is 7.21. The molecule has 3 heterocycles. The molecule has 0 saturated heterocycles. The number of halogens is 2. The normalized spacial score (nSPS) is 11.6. The zero-order valence-electron chi connectivity index (χ0n) is 18.5. The first-order chi connectivity index (χ1) is 13.8. The van der Waals surface area contributed by atoms with E-state index in [1.807, 2.05) is 0 Å². The monoisotopic (exact) mass is 521 g/mol. The van der Waals surface area contributed by atoms with Gasteiger partial charge in [0, 0.05) is 67.3 Å². The minimum absolute atomic E-state index is 1.07. The molecule has 0 fully saturated rings. The van der Waals surface area contributed by atoms with Crippen LogP contribution in [0.1, 0.15) is 62.3 Å². The summed E-state index contributed by atoms with van der Waals surface area (Å²) in [5, 5.41) is 0. The van der Waals surface area contributed by atoms with Gasteiger partial charge in [0.25, 0.3) is 0 Å². The van der Waals surface area contributed by atoms with Crippen LogP contribution < -0.4 is 0 Å². The van der Waals surface area contributed by atoms with Gasteiger partial charge in [0.2, 0.25) is 0 Å². The Morgan fingerprint density at radius 2 is 1.07 bits per heavy atom. The number of nitrogens with zero attached hydrogens (tertiary/aromatic N) is 2. The number of hydrogen-bond acceptors (Lipinski definition) is 0. The first-order valence-electron chi connectivity index (χ1n) is 10.7. The second-order valence-corrected chi connectivity index (χ2v) is 9.60. The third-order valence-electron chi connectivity index (χ3n) is 6.11. The van der Waals surface area contributed by atoms with E-state index in [0.29, 0.717) is 0 Å². The van der Waals surface area contributed by atoms with Gasteiger partial charge in [0.1, 0.15) is 0 Å². The molecule has 5 heteroatoms. The van der Waals surface area contributed by atoms with Gasteiger partial charge in [0.05, 0.1) is 0 Å². The lowest BCUT2D eigenvalue weighted by Crippen LogP contribution is -2.02. The highest BCUT2D eigenvalue weighted by molar-refractivity contribution is 9.11. The lowest BCUT2D eigenvalue weighted by molar-refractivity contribution is 0.609. The Balaban J connectivity index is 2.03. The number of nitrogens with one attached hydrogen (secondary N) is 1. The van der Waals surface area contributed by atoms with Crippen LogP contribution in [0, 0.1) is 27.7 Å². The first kappa shape index (κ1) is 22.5. The van der Waals surface area contributed by atoms with Crippen LogP contribution in [0.4, 0.5) is 0 Å². The molecule has 0 saturated carbocycles. The molecule has 3 aromatic rings. The molecule has 1 N–H and O–H groups in total. The Morgan fingerprint density at radius 1 is 0.690 bits per heavy atom. The van der Waals surface area contributed by atoms with Crippen molar-refractivity contribution in [3.05, 3.63) is 43.9 Å². The Labute approximate surface area is 192 Å². The van der Waals surface area contributed by atoms with Crippen molar-refractivity contribution in [2.45, 2.75) is 80.3 Å². The summed E-state index contributed by atoms with van der Waals surface area (Å²) in [7, 11) is 0. The van der Waals surface area contributed by atoms with Crippen molar-refractivity contribution in [3.8, 4) is 22.5 Å². The van der Waals surface area contributed by atoms with E-state index in [-0.39, 0.29) is 0 Å². The predicted octanol–water partition coefficient (Wildman–Crippen LogP) is 8.31. The Hall–Kier alpha value is -1.20. The van der Waals surface area contributed by atoms with E-state index in [1.165, 1.54) is 79.9 Å². The zero-order valence-corrected chi connectivity index (χ0v) is 21.7. The van der Waals surface area contributed by atoms with Gasteiger partial charge in [-0.25, -0.2) is 0 Å². The molecule has 3 nitrogen and oxygen atoms in total. The quantitative estimate of drug-likeness (QED) is 0.307. The van der Waals surface area contributed by atoms with Crippen LogP contribution in [0.15, 0.2) is 21.1 Å². The van der Waals surface area contributed by atoms with Gasteiger partial charge >= 0.3 is 0 Å². The van der Waals surface area contributed by atoms with Gasteiger partial charge in [-0.15, -0.1) is 0 Å². The second kappa shape index (κ2) is 9.30. The number of aromatic amines is 1. The summed E-state index contributed by atoms with van der Waals surface area (Å²) in [4.78, 5) is 3.72. The molecule has 158 valence electrons. The van der Waals surface area contributed by atoms with Gasteiger partial charge in [0.15, 0.2) is 0 Å². The van der Waals surface area contributed by atoms with Gasteiger partial charge < -0.3 is 14.1 Å². The molecule has 3 rings (SSSR count). The molecule has 0 unspecified atom stereocenters. The molecule has 0 spiro atoms. The minimum atomic E-state index is 1.07. The molecular formula is C24H33Br2N3. The van der Waals surface area contributed by atoms with Crippen LogP contribution in [-0.2, 0) is 13.1 Å². The summed E-state index contributed by atoms with van der Waals surface area (Å²) in [5.74, 6) is 0. The van der Waals surface area contributed by atoms with Crippen molar-refractivity contribution in [2.24, 2.45) is 0 Å². The lowest BCUT2D eigenvalue weighted by atomic mass is 10.2. The van der Waals surface area contributed by atoms with Crippen molar-refractivity contribution in [2.75, 3.05) is 0 Å². The van der Waals surface area contributed by atoms with Gasteiger partial charge in [-0.1, -0.05) is 26.7 Å². The first-order valence-corrected chi connectivity index (χ1v) is 12.3. The molecule has 0 aliphatic rings. The smallest absolute Gasteiger partial charge is 0.0488 e. The summed E-state index contributed by atoms with van der Waals surface area (Å²) < 4.78 is 7.28. The average molecular weight is 523 g/mol. The van der Waals surface area contributed by atoms with Crippen molar-refractivity contribution < 1.29 is 0 Å². The molecule has 0 aliphatic heterocycles. The predicted molar refractivity (Wildman–Crippen MR) is 132 cm³/mol. The van der Waals surface area contributed by atoms with Gasteiger partial charge in [-0.2, -0.15) is 0 Å². The fraction of sp³-hybridized carbons (Fsp3) is 0.500. The molecule has 3 aromatic heterocycles. The summed E-state index contributed by atoms with van der Waals surface area (Å²) >= 11 is 7.73. The van der Waals surface area contributed by atoms with E-state index in [0.717, 1.165) is 13.1 Å². The second-order valence-electron chi connectivity index (χ2n) is 8.02. The summed E-state index contributed by atoms with van der Waals surface area (Å²) in [5.41, 5.74) is 10.2. The number of H-pyrrole nitrogens is 1. The third kappa shape index (κ3) is 4.05. The fourth-order valence-corrected chi connectivity index (χ4v) is 5.73. The summed E-state index contributed by atoms with van der Waals surface area (Å²) in [6.45, 7) is 15.5. The molecule has 0 aromatic carbocycles. The standard InChI is InChI=1S/C24H33Br2N3/c1-7-9-13-28-15(3)21(23(25)17(28)5)19-11-12-20(27-19)22-16(4)29(14-10-8-2)18(6)24(22)26/h11-12,27H,7-10,13-14H2,1-6H3. The van der Waals surface area contributed by atoms with Crippen LogP contribution >= 0.6 is 31.9 Å². The highest BCUT2D eigenvalue weighted by atomic mass is 79.9. The Morgan fingerprint density at radius 3 is 1.41 bits per heavy atom. The molecule has 0 aliphatic carbocycles. The van der Waals surface area contributed by atoms with Crippen LogP contribution in [0.5, 0.6) is 0 Å². The summed E-state index contributed by atoms with van der Waals surface area (Å²) in [6, 6.07) is 4.44. The maximum atomic E-state index is 3.86. The topological polar surface area (TPSA) is 25.6 Å². The van der Waals surface area contributed by atoms with E-state index in [2.05, 4.69) is 99.7 Å².